The van der Waals surface area contributed by atoms with Crippen LogP contribution in [0.15, 0.2) is 41.3 Å². The molecule has 0 atom stereocenters. The molecule has 0 saturated carbocycles. The van der Waals surface area contributed by atoms with Crippen LogP contribution in [0.5, 0.6) is 0 Å². The van der Waals surface area contributed by atoms with Crippen molar-refractivity contribution in [2.45, 2.75) is 26.8 Å². The molecule has 0 aliphatic carbocycles. The monoisotopic (exact) mass is 375 g/mol. The molecule has 1 amide bonds. The molecule has 0 aliphatic heterocycles. The maximum Gasteiger partial charge on any atom is 0.276 e. The number of halogens is 1. The predicted octanol–water partition coefficient (Wildman–Crippen LogP) is 2.04. The highest BCUT2D eigenvalue weighted by molar-refractivity contribution is 5.92. The molecule has 0 radical (unpaired) electrons. The van der Waals surface area contributed by atoms with Crippen LogP contribution in [0.25, 0.3) is 5.65 Å². The number of nitrogens with one attached hydrogen (secondary N) is 3. The maximum absolute atomic E-state index is 12.5. The molecule has 7 nitrogen and oxygen atoms in total. The summed E-state index contributed by atoms with van der Waals surface area (Å²) in [6.45, 7) is 5.41. The first kappa shape index (κ1) is 19.7. The fraction of sp³-hybridized carbons (Fsp3) is 0.278. The van der Waals surface area contributed by atoms with Crippen LogP contribution in [0.1, 0.15) is 23.7 Å². The summed E-state index contributed by atoms with van der Waals surface area (Å²) in [5.41, 5.74) is 3.06. The number of rotatable bonds is 6. The van der Waals surface area contributed by atoms with Gasteiger partial charge < -0.3 is 10.6 Å². The van der Waals surface area contributed by atoms with Gasteiger partial charge in [-0.25, -0.2) is 9.50 Å². The van der Waals surface area contributed by atoms with E-state index >= 15 is 0 Å². The van der Waals surface area contributed by atoms with Gasteiger partial charge in [0.1, 0.15) is 0 Å². The number of carbonyl (C=O) groups excluding carboxylic acids is 1. The van der Waals surface area contributed by atoms with Gasteiger partial charge in [0.25, 0.3) is 5.56 Å². The summed E-state index contributed by atoms with van der Waals surface area (Å²) in [4.78, 5) is 29.2. The van der Waals surface area contributed by atoms with Gasteiger partial charge in [0.2, 0.25) is 5.91 Å². The van der Waals surface area contributed by atoms with Crippen LogP contribution in [0.4, 0.5) is 5.69 Å². The standard InChI is InChI=1S/C18H21N5O2.ClH/c1-3-19-11-13-5-4-6-14(9-13)22-17(24)10-15-12(2)21-16-7-8-20-23(16)18(15)25;/h4-9,19-20H,3,10-11H2,1-2H3,(H,22,24);1H. The number of fused-ring (bicyclic) bond motifs is 1. The molecule has 0 spiro atoms. The highest BCUT2D eigenvalue weighted by Gasteiger charge is 2.14. The number of benzene rings is 1. The normalized spacial score (nSPS) is 10.5. The summed E-state index contributed by atoms with van der Waals surface area (Å²) >= 11 is 0. The molecule has 138 valence electrons. The minimum atomic E-state index is -0.247. The molecular formula is C18H22ClN5O2. The summed E-state index contributed by atoms with van der Waals surface area (Å²) in [5, 5.41) is 8.90. The van der Waals surface area contributed by atoms with Gasteiger partial charge in [0.15, 0.2) is 5.65 Å². The summed E-state index contributed by atoms with van der Waals surface area (Å²) in [6.07, 6.45) is 1.62. The van der Waals surface area contributed by atoms with Crippen LogP contribution in [0, 0.1) is 6.92 Å². The second-order valence-electron chi connectivity index (χ2n) is 5.84. The fourth-order valence-corrected chi connectivity index (χ4v) is 2.70. The fourth-order valence-electron chi connectivity index (χ4n) is 2.70. The Morgan fingerprint density at radius 1 is 1.31 bits per heavy atom. The molecule has 3 N–H and O–H groups in total. The van der Waals surface area contributed by atoms with Crippen LogP contribution >= 0.6 is 12.4 Å². The summed E-state index contributed by atoms with van der Waals surface area (Å²) in [5.74, 6) is -0.242. The SMILES string of the molecule is CCNCc1cccc(NC(=O)Cc2c(C)nc3cc[nH]n3c2=O)c1.Cl. The minimum absolute atomic E-state index is 0. The number of aryl methyl sites for hydroxylation is 1. The third kappa shape index (κ3) is 4.30. The third-order valence-corrected chi connectivity index (χ3v) is 3.97. The average molecular weight is 376 g/mol. The van der Waals surface area contributed by atoms with E-state index in [1.165, 1.54) is 4.52 Å². The molecule has 0 saturated heterocycles. The first-order valence-electron chi connectivity index (χ1n) is 8.23. The lowest BCUT2D eigenvalue weighted by molar-refractivity contribution is -0.115. The maximum atomic E-state index is 12.5. The molecule has 0 bridgehead atoms. The van der Waals surface area contributed by atoms with E-state index in [0.717, 1.165) is 18.7 Å². The number of carbonyl (C=O) groups is 1. The van der Waals surface area contributed by atoms with Crippen LogP contribution in [0.3, 0.4) is 0 Å². The average Bonchev–Trinajstić information content (AvgIpc) is 3.05. The first-order chi connectivity index (χ1) is 12.1. The number of hydrogen-bond donors (Lipinski definition) is 3. The van der Waals surface area contributed by atoms with Gasteiger partial charge in [0, 0.05) is 35.8 Å². The molecule has 0 unspecified atom stereocenters. The first-order valence-corrected chi connectivity index (χ1v) is 8.23. The zero-order chi connectivity index (χ0) is 17.8. The van der Waals surface area contributed by atoms with Crippen molar-refractivity contribution in [2.75, 3.05) is 11.9 Å². The van der Waals surface area contributed by atoms with Crippen molar-refractivity contribution < 1.29 is 4.79 Å². The zero-order valence-corrected chi connectivity index (χ0v) is 15.5. The second kappa shape index (κ2) is 8.64. The Morgan fingerprint density at radius 3 is 2.88 bits per heavy atom. The van der Waals surface area contributed by atoms with E-state index in [0.29, 0.717) is 22.6 Å². The number of hydrogen-bond acceptors (Lipinski definition) is 4. The summed E-state index contributed by atoms with van der Waals surface area (Å²) in [7, 11) is 0. The van der Waals surface area contributed by atoms with Crippen molar-refractivity contribution in [1.29, 1.82) is 0 Å². The summed E-state index contributed by atoms with van der Waals surface area (Å²) < 4.78 is 1.34. The zero-order valence-electron chi connectivity index (χ0n) is 14.7. The molecule has 0 aliphatic rings. The van der Waals surface area contributed by atoms with Crippen LogP contribution < -0.4 is 16.2 Å². The van der Waals surface area contributed by atoms with Crippen molar-refractivity contribution in [3.63, 3.8) is 0 Å². The van der Waals surface area contributed by atoms with Crippen molar-refractivity contribution in [2.24, 2.45) is 0 Å². The third-order valence-electron chi connectivity index (χ3n) is 3.97. The largest absolute Gasteiger partial charge is 0.326 e. The van der Waals surface area contributed by atoms with Crippen LogP contribution in [-0.2, 0) is 17.8 Å². The van der Waals surface area contributed by atoms with Gasteiger partial charge in [-0.15, -0.1) is 12.4 Å². The molecule has 26 heavy (non-hydrogen) atoms. The van der Waals surface area contributed by atoms with E-state index in [9.17, 15) is 9.59 Å². The molecular weight excluding hydrogens is 354 g/mol. The van der Waals surface area contributed by atoms with E-state index in [1.54, 1.807) is 19.2 Å². The molecule has 3 aromatic rings. The number of amides is 1. The predicted molar refractivity (Wildman–Crippen MR) is 104 cm³/mol. The van der Waals surface area contributed by atoms with E-state index in [2.05, 4.69) is 20.7 Å². The second-order valence-corrected chi connectivity index (χ2v) is 5.84. The lowest BCUT2D eigenvalue weighted by Gasteiger charge is -2.09. The smallest absolute Gasteiger partial charge is 0.276 e. The van der Waals surface area contributed by atoms with Gasteiger partial charge in [-0.05, 0) is 31.2 Å². The van der Waals surface area contributed by atoms with Gasteiger partial charge in [0.05, 0.1) is 6.42 Å². The molecule has 2 heterocycles. The molecule has 0 fully saturated rings. The number of nitrogens with zero attached hydrogens (tertiary/aromatic N) is 2. The van der Waals surface area contributed by atoms with Gasteiger partial charge in [-0.3, -0.25) is 14.7 Å². The quantitative estimate of drug-likeness (QED) is 0.615. The lowest BCUT2D eigenvalue weighted by atomic mass is 10.1. The van der Waals surface area contributed by atoms with Crippen LogP contribution in [0.2, 0.25) is 0 Å². The number of anilines is 1. The summed E-state index contributed by atoms with van der Waals surface area (Å²) in [6, 6.07) is 9.37. The highest BCUT2D eigenvalue weighted by atomic mass is 35.5. The van der Waals surface area contributed by atoms with Crippen molar-refractivity contribution in [1.82, 2.24) is 19.9 Å². The van der Waals surface area contributed by atoms with Crippen molar-refractivity contribution in [3.05, 3.63) is 63.7 Å². The van der Waals surface area contributed by atoms with E-state index in [4.69, 9.17) is 0 Å². The Balaban J connectivity index is 0.00000243. The molecule has 8 heteroatoms. The van der Waals surface area contributed by atoms with Gasteiger partial charge in [-0.1, -0.05) is 19.1 Å². The molecule has 2 aromatic heterocycles. The molecule has 1 aromatic carbocycles. The van der Waals surface area contributed by atoms with Crippen molar-refractivity contribution >= 4 is 29.6 Å². The van der Waals surface area contributed by atoms with E-state index < -0.39 is 0 Å². The lowest BCUT2D eigenvalue weighted by Crippen LogP contribution is -2.26. The Morgan fingerprint density at radius 2 is 2.12 bits per heavy atom. The van der Waals surface area contributed by atoms with E-state index in [1.807, 2.05) is 31.2 Å². The minimum Gasteiger partial charge on any atom is -0.326 e. The molecule has 3 rings (SSSR count). The highest BCUT2D eigenvalue weighted by Crippen LogP contribution is 2.12. The van der Waals surface area contributed by atoms with E-state index in [-0.39, 0.29) is 30.3 Å². The van der Waals surface area contributed by atoms with Crippen LogP contribution in [-0.4, -0.2) is 27.0 Å². The Bertz CT molecular complexity index is 964. The van der Waals surface area contributed by atoms with Crippen molar-refractivity contribution in [3.8, 4) is 0 Å². The number of aromatic amines is 1. The Kier molecular flexibility index (Phi) is 6.54. The van der Waals surface area contributed by atoms with Gasteiger partial charge >= 0.3 is 0 Å². The number of aromatic nitrogens is 3. The van der Waals surface area contributed by atoms with Gasteiger partial charge in [-0.2, -0.15) is 0 Å². The Hall–Kier alpha value is -2.64. The number of H-pyrrole nitrogens is 1. The Labute approximate surface area is 157 Å². The topological polar surface area (TPSA) is 91.3 Å².